The largest absolute Gasteiger partial charge is 0.377 e. The van der Waals surface area contributed by atoms with E-state index in [1.807, 2.05) is 12.1 Å². The molecule has 3 N–H and O–H groups in total. The number of halogens is 1. The van der Waals surface area contributed by atoms with Crippen LogP contribution in [0, 0.1) is 0 Å². The van der Waals surface area contributed by atoms with Crippen LogP contribution in [-0.2, 0) is 6.42 Å². The highest BCUT2D eigenvalue weighted by Crippen LogP contribution is 2.30. The number of nitrogens with zero attached hydrogens (tertiary/aromatic N) is 1. The zero-order valence-electron chi connectivity index (χ0n) is 12.1. The molecule has 1 atom stereocenters. The van der Waals surface area contributed by atoms with Crippen molar-refractivity contribution in [2.75, 3.05) is 30.4 Å². The van der Waals surface area contributed by atoms with E-state index in [1.54, 1.807) is 0 Å². The van der Waals surface area contributed by atoms with Gasteiger partial charge in [-0.05, 0) is 47.9 Å². The van der Waals surface area contributed by atoms with Gasteiger partial charge in [0.25, 0.3) is 0 Å². The predicted molar refractivity (Wildman–Crippen MR) is 93.0 cm³/mol. The first kappa shape index (κ1) is 14.4. The molecule has 0 fully saturated rings. The summed E-state index contributed by atoms with van der Waals surface area (Å²) in [5.41, 5.74) is 11.1. The zero-order chi connectivity index (χ0) is 14.8. The maximum absolute atomic E-state index is 5.97. The minimum absolute atomic E-state index is 0.141. The monoisotopic (exact) mass is 345 g/mol. The van der Waals surface area contributed by atoms with Crippen LogP contribution in [0.5, 0.6) is 0 Å². The van der Waals surface area contributed by atoms with Crippen LogP contribution in [0.2, 0.25) is 0 Å². The molecule has 0 aliphatic carbocycles. The van der Waals surface area contributed by atoms with E-state index in [2.05, 4.69) is 63.5 Å². The summed E-state index contributed by atoms with van der Waals surface area (Å²) in [6, 6.07) is 15.0. The highest BCUT2D eigenvalue weighted by Gasteiger charge is 2.18. The molecule has 0 saturated carbocycles. The van der Waals surface area contributed by atoms with Crippen molar-refractivity contribution in [2.45, 2.75) is 12.5 Å². The smallest absolute Gasteiger partial charge is 0.0636 e. The van der Waals surface area contributed by atoms with Crippen molar-refractivity contribution in [3.8, 4) is 0 Å². The average Bonchev–Trinajstić information content (AvgIpc) is 2.87. The second kappa shape index (κ2) is 6.08. The number of rotatable bonds is 4. The fraction of sp³-hybridized carbons (Fsp3) is 0.294. The molecule has 2 aromatic carbocycles. The van der Waals surface area contributed by atoms with E-state index < -0.39 is 0 Å². The van der Waals surface area contributed by atoms with Gasteiger partial charge in [0.05, 0.1) is 6.04 Å². The van der Waals surface area contributed by atoms with Crippen LogP contribution in [0.15, 0.2) is 46.9 Å². The number of likely N-dealkylation sites (N-methyl/N-ethyl adjacent to an activating group) is 1. The molecule has 0 spiro atoms. The number of anilines is 2. The lowest BCUT2D eigenvalue weighted by atomic mass is 10.0. The van der Waals surface area contributed by atoms with E-state index in [1.165, 1.54) is 16.8 Å². The lowest BCUT2D eigenvalue weighted by Crippen LogP contribution is -2.20. The highest BCUT2D eigenvalue weighted by molar-refractivity contribution is 9.10. The van der Waals surface area contributed by atoms with Gasteiger partial charge < -0.3 is 16.0 Å². The summed E-state index contributed by atoms with van der Waals surface area (Å²) < 4.78 is 1.08. The molecule has 1 aliphatic heterocycles. The van der Waals surface area contributed by atoms with Crippen LogP contribution >= 0.6 is 15.9 Å². The van der Waals surface area contributed by atoms with Gasteiger partial charge in [-0.2, -0.15) is 0 Å². The Bertz CT molecular complexity index is 624. The van der Waals surface area contributed by atoms with Crippen molar-refractivity contribution in [3.05, 3.63) is 58.1 Å². The molecule has 4 heteroatoms. The Balaban J connectivity index is 1.82. The maximum atomic E-state index is 5.97. The Morgan fingerprint density at radius 1 is 1.24 bits per heavy atom. The van der Waals surface area contributed by atoms with Gasteiger partial charge in [-0.3, -0.25) is 0 Å². The van der Waals surface area contributed by atoms with Gasteiger partial charge in [-0.15, -0.1) is 0 Å². The maximum Gasteiger partial charge on any atom is 0.0636 e. The standard InChI is InChI=1S/C17H20BrN3/c1-21-9-8-13-10-12(2-7-17(13)21)16(11-19)20-15-5-3-14(18)4-6-15/h2-7,10,16,20H,8-9,11,19H2,1H3. The van der Waals surface area contributed by atoms with E-state index in [9.17, 15) is 0 Å². The Hall–Kier alpha value is -1.52. The molecule has 3 nitrogen and oxygen atoms in total. The van der Waals surface area contributed by atoms with Gasteiger partial charge in [0, 0.05) is 36.0 Å². The number of fused-ring (bicyclic) bond motifs is 1. The van der Waals surface area contributed by atoms with Crippen molar-refractivity contribution in [1.82, 2.24) is 0 Å². The second-order valence-corrected chi connectivity index (χ2v) is 6.41. The normalized spacial score (nSPS) is 14.9. The van der Waals surface area contributed by atoms with Crippen LogP contribution in [0.1, 0.15) is 17.2 Å². The molecular formula is C17H20BrN3. The van der Waals surface area contributed by atoms with Crippen LogP contribution in [0.3, 0.4) is 0 Å². The summed E-state index contributed by atoms with van der Waals surface area (Å²) >= 11 is 3.46. The lowest BCUT2D eigenvalue weighted by molar-refractivity contribution is 0.789. The van der Waals surface area contributed by atoms with Gasteiger partial charge >= 0.3 is 0 Å². The quantitative estimate of drug-likeness (QED) is 0.890. The molecule has 110 valence electrons. The van der Waals surface area contributed by atoms with Gasteiger partial charge in [-0.1, -0.05) is 28.1 Å². The number of nitrogens with two attached hydrogens (primary N) is 1. The molecule has 21 heavy (non-hydrogen) atoms. The first-order valence-electron chi connectivity index (χ1n) is 7.23. The Morgan fingerprint density at radius 3 is 2.71 bits per heavy atom. The fourth-order valence-corrected chi connectivity index (χ4v) is 3.09. The van der Waals surface area contributed by atoms with E-state index in [0.717, 1.165) is 23.1 Å². The average molecular weight is 346 g/mol. The molecule has 1 aliphatic rings. The minimum Gasteiger partial charge on any atom is -0.377 e. The van der Waals surface area contributed by atoms with Gasteiger partial charge in [0.2, 0.25) is 0 Å². The summed E-state index contributed by atoms with van der Waals surface area (Å²) in [4.78, 5) is 2.30. The zero-order valence-corrected chi connectivity index (χ0v) is 13.7. The molecule has 0 bridgehead atoms. The van der Waals surface area contributed by atoms with Crippen LogP contribution in [0.25, 0.3) is 0 Å². The molecule has 0 aromatic heterocycles. The number of hydrogen-bond donors (Lipinski definition) is 2. The van der Waals surface area contributed by atoms with E-state index >= 15 is 0 Å². The topological polar surface area (TPSA) is 41.3 Å². The first-order chi connectivity index (χ1) is 10.2. The summed E-state index contributed by atoms with van der Waals surface area (Å²) in [6.07, 6.45) is 1.12. The molecule has 0 radical (unpaired) electrons. The molecule has 2 aromatic rings. The third-order valence-electron chi connectivity index (χ3n) is 4.05. The van der Waals surface area contributed by atoms with Crippen LogP contribution < -0.4 is 16.0 Å². The Kier molecular flexibility index (Phi) is 4.17. The van der Waals surface area contributed by atoms with Crippen LogP contribution in [0.4, 0.5) is 11.4 Å². The predicted octanol–water partition coefficient (Wildman–Crippen LogP) is 3.55. The molecule has 1 heterocycles. The number of hydrogen-bond acceptors (Lipinski definition) is 3. The van der Waals surface area contributed by atoms with E-state index in [4.69, 9.17) is 5.73 Å². The van der Waals surface area contributed by atoms with Gasteiger partial charge in [0.15, 0.2) is 0 Å². The molecular weight excluding hydrogens is 326 g/mol. The molecule has 1 unspecified atom stereocenters. The third-order valence-corrected chi connectivity index (χ3v) is 4.58. The summed E-state index contributed by atoms with van der Waals surface area (Å²) in [7, 11) is 2.14. The SMILES string of the molecule is CN1CCc2cc(C(CN)Nc3ccc(Br)cc3)ccc21. The van der Waals surface area contributed by atoms with Gasteiger partial charge in [-0.25, -0.2) is 0 Å². The van der Waals surface area contributed by atoms with Crippen LogP contribution in [-0.4, -0.2) is 20.1 Å². The van der Waals surface area contributed by atoms with Crippen molar-refractivity contribution < 1.29 is 0 Å². The van der Waals surface area contributed by atoms with E-state index in [0.29, 0.717) is 6.54 Å². The lowest BCUT2D eigenvalue weighted by Gasteiger charge is -2.20. The minimum atomic E-state index is 0.141. The van der Waals surface area contributed by atoms with Gasteiger partial charge in [0.1, 0.15) is 0 Å². The number of nitrogens with one attached hydrogen (secondary N) is 1. The molecule has 3 rings (SSSR count). The number of benzene rings is 2. The van der Waals surface area contributed by atoms with Crippen molar-refractivity contribution in [2.24, 2.45) is 5.73 Å². The summed E-state index contributed by atoms with van der Waals surface area (Å²) in [5, 5.41) is 3.52. The molecule has 0 saturated heterocycles. The van der Waals surface area contributed by atoms with E-state index in [-0.39, 0.29) is 6.04 Å². The van der Waals surface area contributed by atoms with Crippen molar-refractivity contribution in [3.63, 3.8) is 0 Å². The first-order valence-corrected chi connectivity index (χ1v) is 8.03. The fourth-order valence-electron chi connectivity index (χ4n) is 2.83. The molecule has 0 amide bonds. The summed E-state index contributed by atoms with van der Waals surface area (Å²) in [6.45, 7) is 1.68. The third kappa shape index (κ3) is 3.06. The Morgan fingerprint density at radius 2 is 2.00 bits per heavy atom. The second-order valence-electron chi connectivity index (χ2n) is 5.50. The van der Waals surface area contributed by atoms with Crippen molar-refractivity contribution in [1.29, 1.82) is 0 Å². The Labute approximate surface area is 134 Å². The van der Waals surface area contributed by atoms with Crippen molar-refractivity contribution >= 4 is 27.3 Å². The highest BCUT2D eigenvalue weighted by atomic mass is 79.9. The summed E-state index contributed by atoms with van der Waals surface area (Å²) in [5.74, 6) is 0.